The minimum atomic E-state index is -0.561. The van der Waals surface area contributed by atoms with Crippen LogP contribution in [0.1, 0.15) is 31.1 Å². The quantitative estimate of drug-likeness (QED) is 0.657. The van der Waals surface area contributed by atoms with Crippen molar-refractivity contribution in [3.63, 3.8) is 0 Å². The summed E-state index contributed by atoms with van der Waals surface area (Å²) in [6.07, 6.45) is 0. The molecule has 1 aromatic carbocycles. The van der Waals surface area contributed by atoms with Gasteiger partial charge in [-0.2, -0.15) is 0 Å². The van der Waals surface area contributed by atoms with Crippen molar-refractivity contribution in [1.82, 2.24) is 20.2 Å². The number of esters is 1. The lowest BCUT2D eigenvalue weighted by Crippen LogP contribution is -2.24. The molecule has 0 fully saturated rings. The highest BCUT2D eigenvalue weighted by Gasteiger charge is 2.19. The number of hydrogen-bond acceptors (Lipinski definition) is 6. The number of aryl methyl sites for hydroxylation is 1. The summed E-state index contributed by atoms with van der Waals surface area (Å²) in [6, 6.07) is 4.94. The first-order valence-electron chi connectivity index (χ1n) is 6.13. The highest BCUT2D eigenvalue weighted by Crippen LogP contribution is 2.22. The van der Waals surface area contributed by atoms with Crippen LogP contribution in [0, 0.1) is 0 Å². The van der Waals surface area contributed by atoms with Crippen LogP contribution in [-0.4, -0.2) is 31.8 Å². The highest BCUT2D eigenvalue weighted by molar-refractivity contribution is 5.92. The number of benzene rings is 1. The van der Waals surface area contributed by atoms with Crippen molar-refractivity contribution in [3.8, 4) is 11.4 Å². The molecule has 0 bridgehead atoms. The first-order valence-corrected chi connectivity index (χ1v) is 6.13. The molecule has 0 unspecified atom stereocenters. The van der Waals surface area contributed by atoms with Crippen LogP contribution in [0.25, 0.3) is 11.4 Å². The number of nitrogens with zero attached hydrogens (tertiary/aromatic N) is 4. The van der Waals surface area contributed by atoms with E-state index in [2.05, 4.69) is 15.5 Å². The minimum absolute atomic E-state index is 0.373. The molecule has 0 atom stereocenters. The first-order chi connectivity index (χ1) is 9.26. The van der Waals surface area contributed by atoms with Gasteiger partial charge in [-0.15, -0.1) is 5.10 Å². The van der Waals surface area contributed by atoms with Crippen molar-refractivity contribution in [2.24, 2.45) is 7.05 Å². The van der Waals surface area contributed by atoms with Gasteiger partial charge in [-0.25, -0.2) is 9.48 Å². The summed E-state index contributed by atoms with van der Waals surface area (Å²) in [5, 5.41) is 11.2. The van der Waals surface area contributed by atoms with Gasteiger partial charge in [0.15, 0.2) is 5.82 Å². The fraction of sp³-hybridized carbons (Fsp3) is 0.385. The van der Waals surface area contributed by atoms with Crippen molar-refractivity contribution in [2.45, 2.75) is 26.4 Å². The molecule has 2 aromatic rings. The maximum Gasteiger partial charge on any atom is 0.338 e. The number of anilines is 1. The van der Waals surface area contributed by atoms with Gasteiger partial charge in [0.1, 0.15) is 5.60 Å². The second-order valence-corrected chi connectivity index (χ2v) is 5.47. The van der Waals surface area contributed by atoms with Gasteiger partial charge in [-0.1, -0.05) is 0 Å². The zero-order valence-corrected chi connectivity index (χ0v) is 11.9. The molecule has 106 valence electrons. The number of aromatic nitrogens is 4. The Bertz CT molecular complexity index is 642. The van der Waals surface area contributed by atoms with Crippen LogP contribution in [0.5, 0.6) is 0 Å². The Morgan fingerprint density at radius 3 is 2.55 bits per heavy atom. The van der Waals surface area contributed by atoms with Crippen LogP contribution in [0.4, 0.5) is 5.69 Å². The molecule has 20 heavy (non-hydrogen) atoms. The largest absolute Gasteiger partial charge is 0.456 e. The fourth-order valence-electron chi connectivity index (χ4n) is 1.71. The summed E-state index contributed by atoms with van der Waals surface area (Å²) in [4.78, 5) is 12.1. The zero-order chi connectivity index (χ0) is 14.9. The molecule has 2 N–H and O–H groups in total. The number of nitrogen functional groups attached to an aromatic ring is 1. The van der Waals surface area contributed by atoms with E-state index in [1.807, 2.05) is 20.8 Å². The van der Waals surface area contributed by atoms with E-state index in [1.165, 1.54) is 4.68 Å². The van der Waals surface area contributed by atoms with Gasteiger partial charge < -0.3 is 10.5 Å². The predicted octanol–water partition coefficient (Wildman–Crippen LogP) is 1.41. The highest BCUT2D eigenvalue weighted by atomic mass is 16.6. The fourth-order valence-corrected chi connectivity index (χ4v) is 1.71. The van der Waals surface area contributed by atoms with E-state index >= 15 is 0 Å². The second-order valence-electron chi connectivity index (χ2n) is 5.47. The molecule has 0 aliphatic rings. The monoisotopic (exact) mass is 275 g/mol. The van der Waals surface area contributed by atoms with Crippen molar-refractivity contribution >= 4 is 11.7 Å². The Balaban J connectivity index is 2.40. The summed E-state index contributed by atoms with van der Waals surface area (Å²) in [7, 11) is 1.71. The molecule has 7 nitrogen and oxygen atoms in total. The van der Waals surface area contributed by atoms with Crippen LogP contribution in [0.2, 0.25) is 0 Å². The average Bonchev–Trinajstić information content (AvgIpc) is 2.72. The molecule has 1 aromatic heterocycles. The summed E-state index contributed by atoms with van der Waals surface area (Å²) < 4.78 is 6.84. The minimum Gasteiger partial charge on any atom is -0.456 e. The third-order valence-corrected chi connectivity index (χ3v) is 2.47. The van der Waals surface area contributed by atoms with Gasteiger partial charge in [0.2, 0.25) is 0 Å². The van der Waals surface area contributed by atoms with E-state index < -0.39 is 11.6 Å². The Kier molecular flexibility index (Phi) is 3.44. The Morgan fingerprint density at radius 1 is 1.30 bits per heavy atom. The van der Waals surface area contributed by atoms with Gasteiger partial charge in [0.25, 0.3) is 0 Å². The lowest BCUT2D eigenvalue weighted by Gasteiger charge is -2.19. The van der Waals surface area contributed by atoms with Crippen LogP contribution in [0.15, 0.2) is 18.2 Å². The maximum absolute atomic E-state index is 12.1. The molecule has 7 heteroatoms. The van der Waals surface area contributed by atoms with Gasteiger partial charge >= 0.3 is 5.97 Å². The van der Waals surface area contributed by atoms with E-state index in [-0.39, 0.29) is 0 Å². The molecule has 0 radical (unpaired) electrons. The molecule has 0 aliphatic carbocycles. The Labute approximate surface area is 116 Å². The van der Waals surface area contributed by atoms with E-state index in [0.717, 1.165) is 0 Å². The molecule has 0 saturated heterocycles. The average molecular weight is 275 g/mol. The van der Waals surface area contributed by atoms with Crippen LogP contribution >= 0.6 is 0 Å². The number of carbonyl (C=O) groups excluding carboxylic acids is 1. The van der Waals surface area contributed by atoms with E-state index in [0.29, 0.717) is 22.6 Å². The molecule has 0 spiro atoms. The van der Waals surface area contributed by atoms with Crippen molar-refractivity contribution in [3.05, 3.63) is 23.8 Å². The van der Waals surface area contributed by atoms with Crippen molar-refractivity contribution < 1.29 is 9.53 Å². The first kappa shape index (κ1) is 14.0. The van der Waals surface area contributed by atoms with Gasteiger partial charge in [0, 0.05) is 18.3 Å². The number of nitrogens with two attached hydrogens (primary N) is 1. The SMILES string of the molecule is Cn1nnnc1-c1cc(N)cc(C(=O)OC(C)(C)C)c1. The van der Waals surface area contributed by atoms with Gasteiger partial charge in [-0.3, -0.25) is 0 Å². The van der Waals surface area contributed by atoms with Gasteiger partial charge in [0.05, 0.1) is 5.56 Å². The Hall–Kier alpha value is -2.44. The topological polar surface area (TPSA) is 95.9 Å². The molecule has 0 saturated carbocycles. The standard InChI is InChI=1S/C13H17N5O2/c1-13(2,3)20-12(19)9-5-8(6-10(14)7-9)11-15-16-17-18(11)4/h5-7H,14H2,1-4H3. The van der Waals surface area contributed by atoms with Crippen LogP contribution in [0.3, 0.4) is 0 Å². The second kappa shape index (κ2) is 4.92. The molecular weight excluding hydrogens is 258 g/mol. The number of hydrogen-bond donors (Lipinski definition) is 1. The van der Waals surface area contributed by atoms with E-state index in [4.69, 9.17) is 10.5 Å². The number of rotatable bonds is 2. The summed E-state index contributed by atoms with van der Waals surface area (Å²) >= 11 is 0. The van der Waals surface area contributed by atoms with Gasteiger partial charge in [-0.05, 0) is 49.4 Å². The summed E-state index contributed by atoms with van der Waals surface area (Å²) in [5.74, 6) is 0.100. The van der Waals surface area contributed by atoms with E-state index in [9.17, 15) is 4.79 Å². The number of ether oxygens (including phenoxy) is 1. The number of carbonyl (C=O) groups is 1. The predicted molar refractivity (Wildman–Crippen MR) is 73.8 cm³/mol. The summed E-state index contributed by atoms with van der Waals surface area (Å²) in [6.45, 7) is 5.43. The van der Waals surface area contributed by atoms with E-state index in [1.54, 1.807) is 25.2 Å². The Morgan fingerprint density at radius 2 is 2.00 bits per heavy atom. The molecule has 2 rings (SSSR count). The third kappa shape index (κ3) is 3.11. The third-order valence-electron chi connectivity index (χ3n) is 2.47. The van der Waals surface area contributed by atoms with Crippen LogP contribution in [-0.2, 0) is 11.8 Å². The van der Waals surface area contributed by atoms with Crippen molar-refractivity contribution in [2.75, 3.05) is 5.73 Å². The summed E-state index contributed by atoms with van der Waals surface area (Å²) in [5.41, 5.74) is 6.76. The molecular formula is C13H17N5O2. The molecule has 0 amide bonds. The lowest BCUT2D eigenvalue weighted by molar-refractivity contribution is 0.00696. The molecule has 0 aliphatic heterocycles. The zero-order valence-electron chi connectivity index (χ0n) is 11.9. The molecule has 1 heterocycles. The lowest BCUT2D eigenvalue weighted by atomic mass is 10.1. The maximum atomic E-state index is 12.1. The smallest absolute Gasteiger partial charge is 0.338 e. The normalized spacial score (nSPS) is 11.4. The van der Waals surface area contributed by atoms with Crippen molar-refractivity contribution in [1.29, 1.82) is 0 Å². The van der Waals surface area contributed by atoms with Crippen LogP contribution < -0.4 is 5.73 Å². The number of tetrazole rings is 1.